The van der Waals surface area contributed by atoms with Gasteiger partial charge in [0.25, 0.3) is 0 Å². The first-order valence-corrected chi connectivity index (χ1v) is 4.98. The van der Waals surface area contributed by atoms with Crippen molar-refractivity contribution in [2.75, 3.05) is 26.8 Å². The van der Waals surface area contributed by atoms with Crippen molar-refractivity contribution in [3.8, 4) is 0 Å². The van der Waals surface area contributed by atoms with Gasteiger partial charge in [-0.1, -0.05) is 6.92 Å². The van der Waals surface area contributed by atoms with Crippen molar-refractivity contribution in [3.05, 3.63) is 18.0 Å². The largest absolute Gasteiger partial charge is 0.382 e. The maximum atomic E-state index is 5.16. The molecule has 0 amide bonds. The van der Waals surface area contributed by atoms with E-state index < -0.39 is 0 Å². The molecule has 1 aromatic heterocycles. The maximum Gasteiger partial charge on any atom is 0.0876 e. The van der Waals surface area contributed by atoms with E-state index in [9.17, 15) is 0 Å². The number of aromatic nitrogens is 2. The number of nitrogens with one attached hydrogen (secondary N) is 1. The molecule has 0 aliphatic carbocycles. The molecular formula is C10H19N3O. The number of ether oxygens (including phenoxy) is 1. The summed E-state index contributed by atoms with van der Waals surface area (Å²) in [4.78, 5) is 0. The first kappa shape index (κ1) is 11.2. The summed E-state index contributed by atoms with van der Waals surface area (Å²) in [6.45, 7) is 6.69. The second-order valence-electron chi connectivity index (χ2n) is 3.41. The Labute approximate surface area is 85.3 Å². The van der Waals surface area contributed by atoms with Crippen molar-refractivity contribution in [2.45, 2.75) is 19.9 Å². The molecule has 0 radical (unpaired) electrons. The minimum absolute atomic E-state index is 0.286. The quantitative estimate of drug-likeness (QED) is 0.739. The molecule has 0 spiro atoms. The van der Waals surface area contributed by atoms with Gasteiger partial charge in [0.2, 0.25) is 0 Å². The lowest BCUT2D eigenvalue weighted by atomic mass is 10.3. The molecule has 4 nitrogen and oxygen atoms in total. The highest BCUT2D eigenvalue weighted by Crippen LogP contribution is 2.06. The van der Waals surface area contributed by atoms with Gasteiger partial charge in [0.05, 0.1) is 18.8 Å². The molecular weight excluding hydrogens is 178 g/mol. The summed E-state index contributed by atoms with van der Waals surface area (Å²) in [7, 11) is 1.72. The molecule has 1 heterocycles. The van der Waals surface area contributed by atoms with Crippen LogP contribution in [-0.2, 0) is 4.74 Å². The fraction of sp³-hybridized carbons (Fsp3) is 0.700. The van der Waals surface area contributed by atoms with Crippen LogP contribution in [0.15, 0.2) is 12.4 Å². The van der Waals surface area contributed by atoms with Crippen molar-refractivity contribution in [1.82, 2.24) is 15.1 Å². The molecule has 0 bridgehead atoms. The molecule has 0 aromatic carbocycles. The van der Waals surface area contributed by atoms with E-state index in [1.807, 2.05) is 24.0 Å². The summed E-state index contributed by atoms with van der Waals surface area (Å²) in [5.74, 6) is 0. The average molecular weight is 197 g/mol. The highest BCUT2D eigenvalue weighted by atomic mass is 16.5. The summed E-state index contributed by atoms with van der Waals surface area (Å²) < 4.78 is 7.12. The van der Waals surface area contributed by atoms with Crippen LogP contribution in [0, 0.1) is 6.92 Å². The number of hydrogen-bond donors (Lipinski definition) is 1. The van der Waals surface area contributed by atoms with E-state index >= 15 is 0 Å². The summed E-state index contributed by atoms with van der Waals surface area (Å²) in [6.07, 6.45) is 3.91. The molecule has 1 N–H and O–H groups in total. The highest BCUT2D eigenvalue weighted by Gasteiger charge is 2.10. The third-order valence-corrected chi connectivity index (χ3v) is 2.09. The highest BCUT2D eigenvalue weighted by molar-refractivity contribution is 5.00. The van der Waals surface area contributed by atoms with Gasteiger partial charge < -0.3 is 10.1 Å². The number of likely N-dealkylation sites (N-methyl/N-ethyl adjacent to an activating group) is 1. The van der Waals surface area contributed by atoms with E-state index in [2.05, 4.69) is 17.3 Å². The zero-order valence-electron chi connectivity index (χ0n) is 9.16. The van der Waals surface area contributed by atoms with Gasteiger partial charge in [-0.25, -0.2) is 0 Å². The number of methoxy groups -OCH3 is 1. The van der Waals surface area contributed by atoms with Gasteiger partial charge in [-0.2, -0.15) is 5.10 Å². The van der Waals surface area contributed by atoms with Crippen LogP contribution < -0.4 is 5.32 Å². The van der Waals surface area contributed by atoms with E-state index in [0.717, 1.165) is 13.1 Å². The Morgan fingerprint density at radius 1 is 1.64 bits per heavy atom. The van der Waals surface area contributed by atoms with Crippen LogP contribution in [0.1, 0.15) is 18.5 Å². The van der Waals surface area contributed by atoms with E-state index in [1.54, 1.807) is 7.11 Å². The Morgan fingerprint density at radius 2 is 2.43 bits per heavy atom. The van der Waals surface area contributed by atoms with Crippen molar-refractivity contribution < 1.29 is 4.74 Å². The third-order valence-electron chi connectivity index (χ3n) is 2.09. The summed E-state index contributed by atoms with van der Waals surface area (Å²) in [5.41, 5.74) is 1.18. The molecule has 1 atom stereocenters. The van der Waals surface area contributed by atoms with Crippen molar-refractivity contribution in [2.24, 2.45) is 0 Å². The van der Waals surface area contributed by atoms with Crippen molar-refractivity contribution >= 4 is 0 Å². The van der Waals surface area contributed by atoms with E-state index in [-0.39, 0.29) is 6.04 Å². The predicted octanol–water partition coefficient (Wildman–Crippen LogP) is 0.989. The monoisotopic (exact) mass is 197 g/mol. The van der Waals surface area contributed by atoms with Gasteiger partial charge in [-0.15, -0.1) is 0 Å². The molecule has 80 valence electrons. The summed E-state index contributed by atoms with van der Waals surface area (Å²) >= 11 is 0. The minimum atomic E-state index is 0.286. The van der Waals surface area contributed by atoms with Gasteiger partial charge in [0, 0.05) is 19.9 Å². The van der Waals surface area contributed by atoms with Crippen LogP contribution >= 0.6 is 0 Å². The Bertz CT molecular complexity index is 260. The topological polar surface area (TPSA) is 39.1 Å². The molecule has 0 aliphatic rings. The van der Waals surface area contributed by atoms with Gasteiger partial charge in [-0.3, -0.25) is 4.68 Å². The first-order valence-electron chi connectivity index (χ1n) is 4.98. The van der Waals surface area contributed by atoms with Crippen LogP contribution in [0.3, 0.4) is 0 Å². The second kappa shape index (κ2) is 5.78. The normalized spacial score (nSPS) is 13.1. The summed E-state index contributed by atoms with van der Waals surface area (Å²) in [5, 5.41) is 7.58. The molecule has 14 heavy (non-hydrogen) atoms. The van der Waals surface area contributed by atoms with Gasteiger partial charge in [0.15, 0.2) is 0 Å². The van der Waals surface area contributed by atoms with E-state index in [1.165, 1.54) is 5.56 Å². The second-order valence-corrected chi connectivity index (χ2v) is 3.41. The Kier molecular flexibility index (Phi) is 4.62. The fourth-order valence-corrected chi connectivity index (χ4v) is 1.36. The van der Waals surface area contributed by atoms with Crippen molar-refractivity contribution in [1.29, 1.82) is 0 Å². The van der Waals surface area contributed by atoms with Crippen LogP contribution in [0.25, 0.3) is 0 Å². The lowest BCUT2D eigenvalue weighted by molar-refractivity contribution is 0.148. The minimum Gasteiger partial charge on any atom is -0.382 e. The zero-order valence-corrected chi connectivity index (χ0v) is 9.16. The van der Waals surface area contributed by atoms with Gasteiger partial charge in [-0.05, 0) is 19.0 Å². The third kappa shape index (κ3) is 3.12. The lowest BCUT2D eigenvalue weighted by Crippen LogP contribution is -2.28. The van der Waals surface area contributed by atoms with E-state index in [0.29, 0.717) is 6.61 Å². The van der Waals surface area contributed by atoms with Crippen LogP contribution in [0.4, 0.5) is 0 Å². The van der Waals surface area contributed by atoms with Gasteiger partial charge >= 0.3 is 0 Å². The molecule has 1 aromatic rings. The number of aryl methyl sites for hydroxylation is 1. The number of rotatable bonds is 6. The Morgan fingerprint density at radius 3 is 2.93 bits per heavy atom. The molecule has 0 saturated carbocycles. The number of hydrogen-bond acceptors (Lipinski definition) is 3. The molecule has 4 heteroatoms. The number of nitrogens with zero attached hydrogens (tertiary/aromatic N) is 2. The van der Waals surface area contributed by atoms with Crippen molar-refractivity contribution in [3.63, 3.8) is 0 Å². The van der Waals surface area contributed by atoms with Crippen LogP contribution in [0.2, 0.25) is 0 Å². The molecule has 0 aliphatic heterocycles. The van der Waals surface area contributed by atoms with Gasteiger partial charge in [0.1, 0.15) is 0 Å². The first-order chi connectivity index (χ1) is 6.77. The molecule has 1 unspecified atom stereocenters. The zero-order chi connectivity index (χ0) is 10.4. The molecule has 1 rings (SSSR count). The van der Waals surface area contributed by atoms with E-state index in [4.69, 9.17) is 4.74 Å². The van der Waals surface area contributed by atoms with Crippen LogP contribution in [-0.4, -0.2) is 36.6 Å². The molecule has 0 saturated heterocycles. The fourth-order valence-electron chi connectivity index (χ4n) is 1.36. The summed E-state index contributed by atoms with van der Waals surface area (Å²) in [6, 6.07) is 0.286. The smallest absolute Gasteiger partial charge is 0.0876 e. The lowest BCUT2D eigenvalue weighted by Gasteiger charge is -2.16. The Hall–Kier alpha value is -0.870. The van der Waals surface area contributed by atoms with Crippen LogP contribution in [0.5, 0.6) is 0 Å². The standard InChI is InChI=1S/C10H19N3O/c1-4-11-6-10(8-14-3)13-7-9(2)5-12-13/h5,7,10-11H,4,6,8H2,1-3H3. The average Bonchev–Trinajstić information content (AvgIpc) is 2.59. The predicted molar refractivity (Wildman–Crippen MR) is 56.4 cm³/mol. The SMILES string of the molecule is CCNCC(COC)n1cc(C)cn1. The maximum absolute atomic E-state index is 5.16. The molecule has 0 fully saturated rings. The Balaban J connectivity index is 2.57.